The normalized spacial score (nSPS) is 14.1. The van der Waals surface area contributed by atoms with Gasteiger partial charge >= 0.3 is 0 Å². The second-order valence-electron chi connectivity index (χ2n) is 6.72. The summed E-state index contributed by atoms with van der Waals surface area (Å²) in [6.07, 6.45) is 0. The summed E-state index contributed by atoms with van der Waals surface area (Å²) in [6.45, 7) is 0.301. The average molecular weight is 414 g/mol. The highest BCUT2D eigenvalue weighted by molar-refractivity contribution is 6.37. The van der Waals surface area contributed by atoms with E-state index >= 15 is 0 Å². The highest BCUT2D eigenvalue weighted by Crippen LogP contribution is 2.39. The first kappa shape index (κ1) is 19.4. The monoisotopic (exact) mass is 413 g/mol. The zero-order valence-corrected chi connectivity index (χ0v) is 16.6. The van der Waals surface area contributed by atoms with Crippen LogP contribution >= 0.6 is 11.6 Å². The zero-order chi connectivity index (χ0) is 21.1. The van der Waals surface area contributed by atoms with Crippen molar-refractivity contribution in [1.29, 1.82) is 5.26 Å². The number of carbonyl (C=O) groups is 2. The van der Waals surface area contributed by atoms with Gasteiger partial charge in [-0.05, 0) is 35.9 Å². The van der Waals surface area contributed by atoms with Crippen LogP contribution in [0.5, 0.6) is 0 Å². The Bertz CT molecular complexity index is 1200. The number of hydrogen-bond acceptors (Lipinski definition) is 3. The molecule has 0 atom stereocenters. The standard InChI is InChI=1S/C24H16ClN3O2/c25-17-12-10-16(11-13-17)15-28-21-9-5-4-8-19(21)22(24(28)30)20(14-26)23(29)27-18-6-2-1-3-7-18/h1-13H,15H2,(H,27,29)/b22-20+. The summed E-state index contributed by atoms with van der Waals surface area (Å²) >= 11 is 5.95. The molecule has 5 nitrogen and oxygen atoms in total. The summed E-state index contributed by atoms with van der Waals surface area (Å²) in [7, 11) is 0. The number of hydrogen-bond donors (Lipinski definition) is 1. The quantitative estimate of drug-likeness (QED) is 0.493. The molecule has 0 radical (unpaired) electrons. The van der Waals surface area contributed by atoms with Crippen molar-refractivity contribution in [2.45, 2.75) is 6.54 Å². The van der Waals surface area contributed by atoms with Crippen molar-refractivity contribution < 1.29 is 9.59 Å². The van der Waals surface area contributed by atoms with Gasteiger partial charge in [-0.2, -0.15) is 5.26 Å². The van der Waals surface area contributed by atoms with Gasteiger partial charge in [-0.3, -0.25) is 9.59 Å². The molecule has 2 amide bonds. The lowest BCUT2D eigenvalue weighted by Crippen LogP contribution is -2.27. The molecule has 4 rings (SSSR count). The fraction of sp³-hybridized carbons (Fsp3) is 0.0417. The van der Waals surface area contributed by atoms with E-state index in [1.165, 1.54) is 0 Å². The van der Waals surface area contributed by atoms with Crippen molar-refractivity contribution >= 4 is 40.4 Å². The minimum Gasteiger partial charge on any atom is -0.321 e. The molecule has 6 heteroatoms. The summed E-state index contributed by atoms with van der Waals surface area (Å²) in [5, 5.41) is 13.0. The number of amides is 2. The molecular formula is C24H16ClN3O2. The number of nitrogens with zero attached hydrogens (tertiary/aromatic N) is 2. The Hall–Kier alpha value is -3.88. The molecule has 30 heavy (non-hydrogen) atoms. The van der Waals surface area contributed by atoms with E-state index < -0.39 is 5.91 Å². The molecule has 1 N–H and O–H groups in total. The van der Waals surface area contributed by atoms with Crippen LogP contribution in [0.15, 0.2) is 84.4 Å². The average Bonchev–Trinajstić information content (AvgIpc) is 3.03. The highest BCUT2D eigenvalue weighted by Gasteiger charge is 2.36. The Morgan fingerprint density at radius 3 is 2.33 bits per heavy atom. The molecule has 0 fully saturated rings. The fourth-order valence-electron chi connectivity index (χ4n) is 3.39. The minimum absolute atomic E-state index is 0.107. The third-order valence-electron chi connectivity index (χ3n) is 4.80. The van der Waals surface area contributed by atoms with Gasteiger partial charge in [0.25, 0.3) is 11.8 Å². The SMILES string of the molecule is N#C/C(C(=O)Nc1ccccc1)=C1\C(=O)N(Cc2ccc(Cl)cc2)c2ccccc21. The predicted octanol–water partition coefficient (Wildman–Crippen LogP) is 4.80. The van der Waals surface area contributed by atoms with Gasteiger partial charge in [0, 0.05) is 16.3 Å². The molecule has 0 aromatic heterocycles. The molecule has 0 aliphatic carbocycles. The maximum absolute atomic E-state index is 13.3. The Kier molecular flexibility index (Phi) is 5.34. The van der Waals surface area contributed by atoms with Crippen molar-refractivity contribution in [1.82, 2.24) is 0 Å². The number of nitriles is 1. The van der Waals surface area contributed by atoms with Crippen molar-refractivity contribution in [3.8, 4) is 6.07 Å². The third kappa shape index (κ3) is 3.69. The van der Waals surface area contributed by atoms with E-state index in [4.69, 9.17) is 11.6 Å². The van der Waals surface area contributed by atoms with Gasteiger partial charge < -0.3 is 10.2 Å². The van der Waals surface area contributed by atoms with Crippen LogP contribution in [0.2, 0.25) is 5.02 Å². The van der Waals surface area contributed by atoms with Crippen LogP contribution in [-0.4, -0.2) is 11.8 Å². The van der Waals surface area contributed by atoms with Crippen molar-refractivity contribution in [2.24, 2.45) is 0 Å². The van der Waals surface area contributed by atoms with Gasteiger partial charge in [-0.15, -0.1) is 0 Å². The largest absolute Gasteiger partial charge is 0.321 e. The molecule has 1 aliphatic rings. The molecule has 0 unspecified atom stereocenters. The summed E-state index contributed by atoms with van der Waals surface area (Å²) in [5.74, 6) is -0.999. The van der Waals surface area contributed by atoms with E-state index in [1.807, 2.05) is 30.3 Å². The first-order valence-corrected chi connectivity index (χ1v) is 9.63. The molecule has 0 spiro atoms. The molecule has 146 valence electrons. The maximum atomic E-state index is 13.3. The van der Waals surface area contributed by atoms with E-state index in [0.29, 0.717) is 28.5 Å². The van der Waals surface area contributed by atoms with Crippen LogP contribution in [0.25, 0.3) is 5.57 Å². The van der Waals surface area contributed by atoms with Crippen molar-refractivity contribution in [3.05, 3.63) is 101 Å². The summed E-state index contributed by atoms with van der Waals surface area (Å²) in [4.78, 5) is 27.7. The third-order valence-corrected chi connectivity index (χ3v) is 5.05. The molecule has 3 aromatic rings. The van der Waals surface area contributed by atoms with Crippen LogP contribution in [0.1, 0.15) is 11.1 Å². The summed E-state index contributed by atoms with van der Waals surface area (Å²) in [6, 6.07) is 25.1. The molecule has 3 aromatic carbocycles. The van der Waals surface area contributed by atoms with Crippen LogP contribution < -0.4 is 10.2 Å². The Labute approximate surface area is 178 Å². The fourth-order valence-corrected chi connectivity index (χ4v) is 3.51. The lowest BCUT2D eigenvalue weighted by Gasteiger charge is -2.17. The Morgan fingerprint density at radius 1 is 0.967 bits per heavy atom. The van der Waals surface area contributed by atoms with E-state index in [2.05, 4.69) is 5.32 Å². The molecule has 0 bridgehead atoms. The smallest absolute Gasteiger partial charge is 0.267 e. The summed E-state index contributed by atoms with van der Waals surface area (Å²) in [5.41, 5.74) is 2.55. The maximum Gasteiger partial charge on any atom is 0.267 e. The van der Waals surface area contributed by atoms with Crippen LogP contribution in [0.4, 0.5) is 11.4 Å². The molecule has 1 heterocycles. The number of nitrogens with one attached hydrogen (secondary N) is 1. The summed E-state index contributed by atoms with van der Waals surface area (Å²) < 4.78 is 0. The Balaban J connectivity index is 1.73. The number of para-hydroxylation sites is 2. The van der Waals surface area contributed by atoms with E-state index in [0.717, 1.165) is 5.56 Å². The highest BCUT2D eigenvalue weighted by atomic mass is 35.5. The molecule has 0 saturated heterocycles. The van der Waals surface area contributed by atoms with Crippen molar-refractivity contribution in [3.63, 3.8) is 0 Å². The lowest BCUT2D eigenvalue weighted by molar-refractivity contribution is -0.114. The van der Waals surface area contributed by atoms with Gasteiger partial charge in [0.1, 0.15) is 11.6 Å². The number of carbonyl (C=O) groups excluding carboxylic acids is 2. The molecular weight excluding hydrogens is 398 g/mol. The van der Waals surface area contributed by atoms with Crippen molar-refractivity contribution in [2.75, 3.05) is 10.2 Å². The molecule has 0 saturated carbocycles. The van der Waals surface area contributed by atoms with Gasteiger partial charge in [-0.1, -0.05) is 60.1 Å². The van der Waals surface area contributed by atoms with Gasteiger partial charge in [0.2, 0.25) is 0 Å². The zero-order valence-electron chi connectivity index (χ0n) is 15.8. The van der Waals surface area contributed by atoms with E-state index in [-0.39, 0.29) is 17.1 Å². The number of anilines is 2. The number of rotatable bonds is 4. The van der Waals surface area contributed by atoms with E-state index in [9.17, 15) is 14.9 Å². The predicted molar refractivity (Wildman–Crippen MR) is 117 cm³/mol. The van der Waals surface area contributed by atoms with Gasteiger partial charge in [-0.25, -0.2) is 0 Å². The van der Waals surface area contributed by atoms with Gasteiger partial charge in [0.05, 0.1) is 17.8 Å². The van der Waals surface area contributed by atoms with Crippen LogP contribution in [-0.2, 0) is 16.1 Å². The lowest BCUT2D eigenvalue weighted by atomic mass is 10.0. The first-order valence-electron chi connectivity index (χ1n) is 9.25. The van der Waals surface area contributed by atoms with Crippen LogP contribution in [0.3, 0.4) is 0 Å². The minimum atomic E-state index is -0.616. The number of halogens is 1. The second-order valence-corrected chi connectivity index (χ2v) is 7.15. The first-order chi connectivity index (χ1) is 14.6. The molecule has 1 aliphatic heterocycles. The Morgan fingerprint density at radius 2 is 1.63 bits per heavy atom. The van der Waals surface area contributed by atoms with Gasteiger partial charge in [0.15, 0.2) is 0 Å². The second kappa shape index (κ2) is 8.24. The topological polar surface area (TPSA) is 73.2 Å². The van der Waals surface area contributed by atoms with E-state index in [1.54, 1.807) is 59.5 Å². The number of fused-ring (bicyclic) bond motifs is 1. The number of benzene rings is 3. The van der Waals surface area contributed by atoms with Crippen LogP contribution in [0, 0.1) is 11.3 Å².